The second-order valence-electron chi connectivity index (χ2n) is 6.25. The van der Waals surface area contributed by atoms with Crippen molar-refractivity contribution in [2.24, 2.45) is 5.41 Å². The van der Waals surface area contributed by atoms with Crippen LogP contribution in [0.4, 0.5) is 0 Å². The van der Waals surface area contributed by atoms with Gasteiger partial charge in [-0.1, -0.05) is 40.0 Å². The van der Waals surface area contributed by atoms with Crippen molar-refractivity contribution < 1.29 is 5.11 Å². The second kappa shape index (κ2) is 7.34. The van der Waals surface area contributed by atoms with E-state index in [9.17, 15) is 5.11 Å². The molecule has 2 atom stereocenters. The molecule has 1 saturated heterocycles. The van der Waals surface area contributed by atoms with Gasteiger partial charge in [0.1, 0.15) is 0 Å². The molecule has 0 aromatic heterocycles. The minimum absolute atomic E-state index is 0.139. The quantitative estimate of drug-likeness (QED) is 0.570. The lowest BCUT2D eigenvalue weighted by Crippen LogP contribution is -2.38. The van der Waals surface area contributed by atoms with Gasteiger partial charge in [0.05, 0.1) is 6.10 Å². The second-order valence-corrected chi connectivity index (χ2v) is 6.25. The minimum Gasteiger partial charge on any atom is -0.392 e. The topological polar surface area (TPSA) is 44.3 Å². The summed E-state index contributed by atoms with van der Waals surface area (Å²) in [5.41, 5.74) is 0.395. The first kappa shape index (κ1) is 14.9. The molecule has 1 aliphatic rings. The molecule has 2 unspecified atom stereocenters. The van der Waals surface area contributed by atoms with Crippen molar-refractivity contribution in [3.63, 3.8) is 0 Å². The molecular weight excluding hydrogens is 212 g/mol. The molecule has 0 spiro atoms. The molecule has 1 rings (SSSR count). The van der Waals surface area contributed by atoms with Gasteiger partial charge < -0.3 is 15.7 Å². The van der Waals surface area contributed by atoms with Gasteiger partial charge in [0, 0.05) is 25.7 Å². The number of unbranched alkanes of at least 4 members (excludes halogenated alkanes) is 2. The zero-order valence-corrected chi connectivity index (χ0v) is 11.8. The molecule has 0 radical (unpaired) electrons. The van der Waals surface area contributed by atoms with Crippen LogP contribution in [0.1, 0.15) is 52.9 Å². The van der Waals surface area contributed by atoms with E-state index < -0.39 is 0 Å². The largest absolute Gasteiger partial charge is 0.392 e. The van der Waals surface area contributed by atoms with Crippen LogP contribution >= 0.6 is 0 Å². The van der Waals surface area contributed by atoms with Gasteiger partial charge in [-0.05, 0) is 18.3 Å². The van der Waals surface area contributed by atoms with E-state index in [0.717, 1.165) is 26.1 Å². The summed E-state index contributed by atoms with van der Waals surface area (Å²) >= 11 is 0. The molecule has 17 heavy (non-hydrogen) atoms. The molecule has 0 amide bonds. The first-order valence-corrected chi connectivity index (χ1v) is 7.15. The smallest absolute Gasteiger partial charge is 0.0680 e. The van der Waals surface area contributed by atoms with E-state index >= 15 is 0 Å². The summed E-state index contributed by atoms with van der Waals surface area (Å²) in [6.07, 6.45) is 6.04. The fourth-order valence-corrected chi connectivity index (χ4v) is 2.48. The molecule has 3 nitrogen and oxygen atoms in total. The number of aliphatic hydroxyl groups is 1. The lowest BCUT2D eigenvalue weighted by molar-refractivity contribution is 0.192. The van der Waals surface area contributed by atoms with E-state index in [2.05, 4.69) is 31.4 Å². The molecule has 0 aromatic carbocycles. The zero-order valence-electron chi connectivity index (χ0n) is 11.8. The first-order valence-electron chi connectivity index (χ1n) is 7.15. The van der Waals surface area contributed by atoms with Crippen molar-refractivity contribution in [3.8, 4) is 0 Å². The van der Waals surface area contributed by atoms with Gasteiger partial charge in [0.15, 0.2) is 0 Å². The molecule has 1 fully saturated rings. The van der Waals surface area contributed by atoms with E-state index in [1.54, 1.807) is 0 Å². The maximum atomic E-state index is 9.41. The molecule has 1 aliphatic heterocycles. The summed E-state index contributed by atoms with van der Waals surface area (Å²) in [7, 11) is 0. The van der Waals surface area contributed by atoms with Crippen LogP contribution in [0, 0.1) is 5.41 Å². The van der Waals surface area contributed by atoms with Crippen molar-refractivity contribution >= 4 is 0 Å². The van der Waals surface area contributed by atoms with Crippen LogP contribution in [0.3, 0.4) is 0 Å². The van der Waals surface area contributed by atoms with Gasteiger partial charge in [-0.15, -0.1) is 0 Å². The minimum atomic E-state index is -0.139. The monoisotopic (exact) mass is 242 g/mol. The van der Waals surface area contributed by atoms with Crippen LogP contribution in [0.5, 0.6) is 0 Å². The number of aliphatic hydroxyl groups excluding tert-OH is 1. The lowest BCUT2D eigenvalue weighted by atomic mass is 9.87. The standard InChI is InChI=1S/C14H30N2O/c1-4-5-6-7-14(2,3)11-15-9-12-8-13(17)10-16-12/h12-13,15-17H,4-11H2,1-3H3. The number of rotatable bonds is 8. The summed E-state index contributed by atoms with van der Waals surface area (Å²) in [4.78, 5) is 0. The molecule has 3 heteroatoms. The van der Waals surface area contributed by atoms with Crippen LogP contribution in [0.15, 0.2) is 0 Å². The summed E-state index contributed by atoms with van der Waals surface area (Å²) in [6.45, 7) is 9.74. The molecule has 0 aromatic rings. The Labute approximate surface area is 106 Å². The Morgan fingerprint density at radius 3 is 2.71 bits per heavy atom. The molecule has 3 N–H and O–H groups in total. The van der Waals surface area contributed by atoms with Crippen molar-refractivity contribution in [2.75, 3.05) is 19.6 Å². The van der Waals surface area contributed by atoms with Gasteiger partial charge in [-0.2, -0.15) is 0 Å². The summed E-state index contributed by atoms with van der Waals surface area (Å²) in [5.74, 6) is 0. The van der Waals surface area contributed by atoms with E-state index in [-0.39, 0.29) is 6.10 Å². The van der Waals surface area contributed by atoms with Crippen molar-refractivity contribution in [2.45, 2.75) is 65.0 Å². The Hall–Kier alpha value is -0.120. The third-order valence-electron chi connectivity index (χ3n) is 3.65. The predicted octanol–water partition coefficient (Wildman–Crippen LogP) is 1.91. The van der Waals surface area contributed by atoms with Crippen LogP contribution in [-0.4, -0.2) is 36.9 Å². The number of β-amino-alcohol motifs (C(OH)–C–C–N with tert-alkyl or cyclic N) is 1. The maximum Gasteiger partial charge on any atom is 0.0680 e. The van der Waals surface area contributed by atoms with Gasteiger partial charge in [0.25, 0.3) is 0 Å². The molecule has 0 bridgehead atoms. The van der Waals surface area contributed by atoms with Gasteiger partial charge in [-0.25, -0.2) is 0 Å². The van der Waals surface area contributed by atoms with Gasteiger partial charge >= 0.3 is 0 Å². The SMILES string of the molecule is CCCCCC(C)(C)CNCC1CC(O)CN1. The Morgan fingerprint density at radius 2 is 2.12 bits per heavy atom. The van der Waals surface area contributed by atoms with Crippen LogP contribution in [0.2, 0.25) is 0 Å². The molecule has 0 saturated carbocycles. The number of nitrogens with one attached hydrogen (secondary N) is 2. The van der Waals surface area contributed by atoms with Crippen LogP contribution < -0.4 is 10.6 Å². The van der Waals surface area contributed by atoms with Crippen molar-refractivity contribution in [1.82, 2.24) is 10.6 Å². The predicted molar refractivity (Wildman–Crippen MR) is 73.2 cm³/mol. The Morgan fingerprint density at radius 1 is 1.35 bits per heavy atom. The summed E-state index contributed by atoms with van der Waals surface area (Å²) in [6, 6.07) is 0.455. The highest BCUT2D eigenvalue weighted by molar-refractivity contribution is 4.83. The van der Waals surface area contributed by atoms with E-state index in [1.165, 1.54) is 25.7 Å². The lowest BCUT2D eigenvalue weighted by Gasteiger charge is -2.26. The first-order chi connectivity index (χ1) is 8.03. The number of hydrogen-bond donors (Lipinski definition) is 3. The normalized spacial score (nSPS) is 25.4. The highest BCUT2D eigenvalue weighted by atomic mass is 16.3. The Kier molecular flexibility index (Phi) is 6.45. The molecule has 0 aliphatic carbocycles. The highest BCUT2D eigenvalue weighted by Crippen LogP contribution is 2.22. The van der Waals surface area contributed by atoms with Crippen molar-refractivity contribution in [1.29, 1.82) is 0 Å². The fraction of sp³-hybridized carbons (Fsp3) is 1.00. The Balaban J connectivity index is 2.07. The van der Waals surface area contributed by atoms with Gasteiger partial charge in [0.2, 0.25) is 0 Å². The maximum absolute atomic E-state index is 9.41. The highest BCUT2D eigenvalue weighted by Gasteiger charge is 2.22. The molecular formula is C14H30N2O. The van der Waals surface area contributed by atoms with Gasteiger partial charge in [-0.3, -0.25) is 0 Å². The van der Waals surface area contributed by atoms with E-state index in [1.807, 2.05) is 0 Å². The molecule has 1 heterocycles. The average molecular weight is 242 g/mol. The summed E-state index contributed by atoms with van der Waals surface area (Å²) in [5, 5.41) is 16.3. The van der Waals surface area contributed by atoms with Crippen LogP contribution in [-0.2, 0) is 0 Å². The molecule has 102 valence electrons. The average Bonchev–Trinajstić information content (AvgIpc) is 2.64. The van der Waals surface area contributed by atoms with Crippen molar-refractivity contribution in [3.05, 3.63) is 0 Å². The third-order valence-corrected chi connectivity index (χ3v) is 3.65. The Bertz CT molecular complexity index is 206. The number of hydrogen-bond acceptors (Lipinski definition) is 3. The fourth-order valence-electron chi connectivity index (χ4n) is 2.48. The van der Waals surface area contributed by atoms with Crippen LogP contribution in [0.25, 0.3) is 0 Å². The zero-order chi connectivity index (χ0) is 12.7. The van der Waals surface area contributed by atoms with E-state index in [0.29, 0.717) is 11.5 Å². The third kappa shape index (κ3) is 6.39. The van der Waals surface area contributed by atoms with E-state index in [4.69, 9.17) is 0 Å². The summed E-state index contributed by atoms with van der Waals surface area (Å²) < 4.78 is 0.